The molecule has 34 heavy (non-hydrogen) atoms. The molecule has 1 amide bonds. The van der Waals surface area contributed by atoms with Gasteiger partial charge in [0.1, 0.15) is 5.82 Å². The number of halogens is 2. The van der Waals surface area contributed by atoms with Crippen LogP contribution < -0.4 is 5.56 Å². The van der Waals surface area contributed by atoms with E-state index in [1.54, 1.807) is 16.8 Å². The van der Waals surface area contributed by atoms with Gasteiger partial charge >= 0.3 is 0 Å². The highest BCUT2D eigenvalue weighted by atomic mass is 35.5. The van der Waals surface area contributed by atoms with E-state index in [9.17, 15) is 9.59 Å². The lowest BCUT2D eigenvalue weighted by molar-refractivity contribution is -0.131. The molecule has 4 aromatic rings. The van der Waals surface area contributed by atoms with Gasteiger partial charge in [-0.15, -0.1) is 5.10 Å². The van der Waals surface area contributed by atoms with Gasteiger partial charge in [-0.05, 0) is 36.1 Å². The lowest BCUT2D eigenvalue weighted by Crippen LogP contribution is -2.40. The molecule has 5 rings (SSSR count). The Labute approximate surface area is 205 Å². The fraction of sp³-hybridized carbons (Fsp3) is 0.292. The third-order valence-corrected chi connectivity index (χ3v) is 6.67. The van der Waals surface area contributed by atoms with E-state index >= 15 is 0 Å². The van der Waals surface area contributed by atoms with Crippen LogP contribution in [-0.4, -0.2) is 48.9 Å². The van der Waals surface area contributed by atoms with Crippen molar-refractivity contribution in [1.29, 1.82) is 0 Å². The second-order valence-electron chi connectivity index (χ2n) is 8.45. The number of hydrogen-bond acceptors (Lipinski definition) is 5. The van der Waals surface area contributed by atoms with Gasteiger partial charge in [0.2, 0.25) is 5.91 Å². The Morgan fingerprint density at radius 3 is 2.76 bits per heavy atom. The number of piperidine rings is 1. The molecular weight excluding hydrogens is 475 g/mol. The first-order valence-electron chi connectivity index (χ1n) is 11.1. The van der Waals surface area contributed by atoms with Gasteiger partial charge < -0.3 is 9.88 Å². The molecule has 0 bridgehead atoms. The van der Waals surface area contributed by atoms with Crippen LogP contribution in [0.2, 0.25) is 10.0 Å². The SMILES string of the molecule is O=C(Cc1ccccc1)N1CCC[C@@H](c2nc3c(nnn3Cc3ccc(Cl)cc3Cl)c(=O)[nH]2)C1. The molecule has 2 aromatic carbocycles. The summed E-state index contributed by atoms with van der Waals surface area (Å²) in [5.74, 6) is 0.539. The molecule has 1 N–H and O–H groups in total. The van der Waals surface area contributed by atoms with Gasteiger partial charge in [0.05, 0.1) is 13.0 Å². The molecule has 0 aliphatic carbocycles. The maximum Gasteiger partial charge on any atom is 0.281 e. The number of carbonyl (C=O) groups excluding carboxylic acids is 1. The summed E-state index contributed by atoms with van der Waals surface area (Å²) in [5, 5.41) is 9.17. The smallest absolute Gasteiger partial charge is 0.281 e. The van der Waals surface area contributed by atoms with E-state index < -0.39 is 0 Å². The monoisotopic (exact) mass is 496 g/mol. The fourth-order valence-corrected chi connectivity index (χ4v) is 4.77. The van der Waals surface area contributed by atoms with E-state index in [0.29, 0.717) is 47.6 Å². The zero-order valence-electron chi connectivity index (χ0n) is 18.2. The van der Waals surface area contributed by atoms with E-state index in [4.69, 9.17) is 28.2 Å². The first-order chi connectivity index (χ1) is 16.5. The van der Waals surface area contributed by atoms with Crippen molar-refractivity contribution >= 4 is 40.3 Å². The number of likely N-dealkylation sites (tertiary alicyclic amines) is 1. The Hall–Kier alpha value is -3.23. The largest absolute Gasteiger partial charge is 0.342 e. The lowest BCUT2D eigenvalue weighted by Gasteiger charge is -2.32. The van der Waals surface area contributed by atoms with Crippen LogP contribution in [0.5, 0.6) is 0 Å². The van der Waals surface area contributed by atoms with Crippen LogP contribution >= 0.6 is 23.2 Å². The van der Waals surface area contributed by atoms with Gasteiger partial charge in [0.15, 0.2) is 11.2 Å². The molecule has 1 saturated heterocycles. The summed E-state index contributed by atoms with van der Waals surface area (Å²) in [6, 6.07) is 14.9. The lowest BCUT2D eigenvalue weighted by atomic mass is 9.96. The predicted molar refractivity (Wildman–Crippen MR) is 130 cm³/mol. The zero-order chi connectivity index (χ0) is 23.7. The number of nitrogens with one attached hydrogen (secondary N) is 1. The van der Waals surface area contributed by atoms with Gasteiger partial charge in [0.25, 0.3) is 5.56 Å². The summed E-state index contributed by atoms with van der Waals surface area (Å²) in [5.41, 5.74) is 1.98. The molecule has 1 atom stereocenters. The van der Waals surface area contributed by atoms with Crippen LogP contribution in [0.25, 0.3) is 11.2 Å². The molecule has 2 aromatic heterocycles. The predicted octanol–water partition coefficient (Wildman–Crippen LogP) is 3.82. The number of H-pyrrole nitrogens is 1. The van der Waals surface area contributed by atoms with Crippen molar-refractivity contribution in [1.82, 2.24) is 29.9 Å². The Bertz CT molecular complexity index is 1400. The molecule has 10 heteroatoms. The molecule has 3 heterocycles. The number of carbonyl (C=O) groups is 1. The molecule has 0 saturated carbocycles. The number of aromatic amines is 1. The van der Waals surface area contributed by atoms with Gasteiger partial charge in [-0.25, -0.2) is 9.67 Å². The molecule has 0 spiro atoms. The van der Waals surface area contributed by atoms with Crippen molar-refractivity contribution in [2.75, 3.05) is 13.1 Å². The van der Waals surface area contributed by atoms with Crippen LogP contribution in [0.3, 0.4) is 0 Å². The highest BCUT2D eigenvalue weighted by Crippen LogP contribution is 2.26. The zero-order valence-corrected chi connectivity index (χ0v) is 19.8. The normalized spacial score (nSPS) is 16.2. The van der Waals surface area contributed by atoms with Crippen molar-refractivity contribution in [2.24, 2.45) is 0 Å². The van der Waals surface area contributed by atoms with Crippen LogP contribution in [0, 0.1) is 0 Å². The van der Waals surface area contributed by atoms with Gasteiger partial charge in [0, 0.05) is 29.1 Å². The number of amides is 1. The summed E-state index contributed by atoms with van der Waals surface area (Å²) < 4.78 is 1.56. The van der Waals surface area contributed by atoms with Crippen molar-refractivity contribution in [2.45, 2.75) is 31.7 Å². The topological polar surface area (TPSA) is 96.8 Å². The average Bonchev–Trinajstić information content (AvgIpc) is 3.25. The Morgan fingerprint density at radius 2 is 1.97 bits per heavy atom. The summed E-state index contributed by atoms with van der Waals surface area (Å²) in [7, 11) is 0. The molecule has 8 nitrogen and oxygen atoms in total. The van der Waals surface area contributed by atoms with Gasteiger partial charge in [-0.3, -0.25) is 9.59 Å². The van der Waals surface area contributed by atoms with Crippen molar-refractivity contribution in [3.05, 3.63) is 85.9 Å². The highest BCUT2D eigenvalue weighted by Gasteiger charge is 2.27. The number of rotatable bonds is 5. The number of hydrogen-bond donors (Lipinski definition) is 1. The summed E-state index contributed by atoms with van der Waals surface area (Å²) >= 11 is 12.3. The van der Waals surface area contributed by atoms with Gasteiger partial charge in [-0.2, -0.15) is 0 Å². The van der Waals surface area contributed by atoms with Crippen molar-refractivity contribution in [3.63, 3.8) is 0 Å². The standard InChI is InChI=1S/C24H22Cl2N6O2/c25-18-9-8-16(19(26)12-18)14-32-23-21(29-30-32)24(34)28-22(27-23)17-7-4-10-31(13-17)20(33)11-15-5-2-1-3-6-15/h1-3,5-6,8-9,12,17H,4,7,10-11,13-14H2,(H,27,28,34)/t17-/m1/s1. The van der Waals surface area contributed by atoms with Crippen LogP contribution in [0.1, 0.15) is 35.7 Å². The average molecular weight is 497 g/mol. The van der Waals surface area contributed by atoms with Crippen LogP contribution in [0.4, 0.5) is 0 Å². The minimum absolute atomic E-state index is 0.0726. The van der Waals surface area contributed by atoms with E-state index in [0.717, 1.165) is 24.0 Å². The molecule has 1 aliphatic heterocycles. The number of fused-ring (bicyclic) bond motifs is 1. The molecule has 0 radical (unpaired) electrons. The van der Waals surface area contributed by atoms with Crippen molar-refractivity contribution < 1.29 is 4.79 Å². The Kier molecular flexibility index (Phi) is 6.34. The van der Waals surface area contributed by atoms with Gasteiger partial charge in [-0.1, -0.05) is 64.8 Å². The van der Waals surface area contributed by atoms with E-state index in [-0.39, 0.29) is 22.9 Å². The maximum atomic E-state index is 12.9. The van der Waals surface area contributed by atoms with E-state index in [2.05, 4.69) is 15.3 Å². The third-order valence-electron chi connectivity index (χ3n) is 6.09. The molecule has 1 aliphatic rings. The molecule has 0 unspecified atom stereocenters. The first kappa shape index (κ1) is 22.6. The second-order valence-corrected chi connectivity index (χ2v) is 9.29. The second kappa shape index (κ2) is 9.56. The Morgan fingerprint density at radius 1 is 1.15 bits per heavy atom. The van der Waals surface area contributed by atoms with E-state index in [1.165, 1.54) is 0 Å². The third kappa shape index (κ3) is 4.69. The number of aromatic nitrogens is 5. The Balaban J connectivity index is 1.39. The number of benzene rings is 2. The quantitative estimate of drug-likeness (QED) is 0.452. The summed E-state index contributed by atoms with van der Waals surface area (Å²) in [6.07, 6.45) is 2.02. The number of nitrogens with zero attached hydrogens (tertiary/aromatic N) is 5. The molecular formula is C24H22Cl2N6O2. The molecule has 174 valence electrons. The molecule has 1 fully saturated rings. The minimum atomic E-state index is -0.346. The summed E-state index contributed by atoms with van der Waals surface area (Å²) in [4.78, 5) is 35.1. The van der Waals surface area contributed by atoms with Crippen LogP contribution in [0.15, 0.2) is 53.3 Å². The fourth-order valence-electron chi connectivity index (χ4n) is 4.30. The van der Waals surface area contributed by atoms with Crippen LogP contribution in [-0.2, 0) is 17.8 Å². The maximum absolute atomic E-state index is 12.9. The van der Waals surface area contributed by atoms with E-state index in [1.807, 2.05) is 41.3 Å². The van der Waals surface area contributed by atoms with Crippen molar-refractivity contribution in [3.8, 4) is 0 Å². The minimum Gasteiger partial charge on any atom is -0.342 e. The first-order valence-corrected chi connectivity index (χ1v) is 11.8. The summed E-state index contributed by atoms with van der Waals surface area (Å²) in [6.45, 7) is 1.50. The highest BCUT2D eigenvalue weighted by molar-refractivity contribution is 6.35.